The van der Waals surface area contributed by atoms with Gasteiger partial charge in [0.05, 0.1) is 11.7 Å². The van der Waals surface area contributed by atoms with Gasteiger partial charge in [-0.1, -0.05) is 13.8 Å². The van der Waals surface area contributed by atoms with Gasteiger partial charge in [-0.15, -0.1) is 0 Å². The predicted molar refractivity (Wildman–Crippen MR) is 78.2 cm³/mol. The van der Waals surface area contributed by atoms with E-state index in [4.69, 9.17) is 5.11 Å². The fraction of sp³-hybridized carbons (Fsp3) is 0.846. The van der Waals surface area contributed by atoms with Crippen molar-refractivity contribution in [2.75, 3.05) is 18.8 Å². The second kappa shape index (κ2) is 7.22. The Labute approximate surface area is 125 Å². The van der Waals surface area contributed by atoms with Crippen molar-refractivity contribution < 1.29 is 23.1 Å². The Bertz CT molecular complexity index is 489. The molecule has 2 N–H and O–H groups in total. The van der Waals surface area contributed by atoms with E-state index in [1.807, 2.05) is 0 Å². The maximum absolute atomic E-state index is 12.2. The van der Waals surface area contributed by atoms with Gasteiger partial charge < -0.3 is 10.4 Å². The number of piperidine rings is 1. The van der Waals surface area contributed by atoms with Crippen LogP contribution in [-0.4, -0.2) is 54.6 Å². The van der Waals surface area contributed by atoms with Crippen molar-refractivity contribution in [3.05, 3.63) is 0 Å². The summed E-state index contributed by atoms with van der Waals surface area (Å²) in [6.07, 6.45) is 1.18. The Hall–Kier alpha value is -1.15. The second-order valence-electron chi connectivity index (χ2n) is 5.67. The van der Waals surface area contributed by atoms with Gasteiger partial charge in [0.25, 0.3) is 0 Å². The number of nitrogens with zero attached hydrogens (tertiary/aromatic N) is 1. The van der Waals surface area contributed by atoms with Crippen molar-refractivity contribution in [2.24, 2.45) is 11.8 Å². The zero-order valence-electron chi connectivity index (χ0n) is 12.7. The molecule has 1 fully saturated rings. The highest BCUT2D eigenvalue weighted by molar-refractivity contribution is 7.89. The molecule has 0 saturated carbocycles. The first-order chi connectivity index (χ1) is 9.69. The number of carboxylic acids is 1. The number of aliphatic carboxylic acids is 1. The standard InChI is InChI=1S/C13H24N2O5S/c1-4-21(19,20)15-7-5-6-10(8-15)12(16)14-11(9(2)3)13(17)18/h9-11H,4-8H2,1-3H3,(H,14,16)(H,17,18)/t10?,11-/m1/s1. The third kappa shape index (κ3) is 4.67. The molecule has 1 aliphatic heterocycles. The highest BCUT2D eigenvalue weighted by Crippen LogP contribution is 2.20. The number of hydrogen-bond acceptors (Lipinski definition) is 4. The molecule has 0 bridgehead atoms. The van der Waals surface area contributed by atoms with Crippen LogP contribution in [0.3, 0.4) is 0 Å². The molecule has 0 spiro atoms. The molecule has 8 heteroatoms. The minimum absolute atomic E-state index is 0.00504. The lowest BCUT2D eigenvalue weighted by Crippen LogP contribution is -2.51. The lowest BCUT2D eigenvalue weighted by molar-refractivity contribution is -0.144. The van der Waals surface area contributed by atoms with Gasteiger partial charge in [0.15, 0.2) is 0 Å². The van der Waals surface area contributed by atoms with Gasteiger partial charge in [-0.05, 0) is 25.7 Å². The van der Waals surface area contributed by atoms with E-state index in [-0.39, 0.29) is 24.1 Å². The third-order valence-corrected chi connectivity index (χ3v) is 5.59. The molecule has 0 aliphatic carbocycles. The fourth-order valence-corrected chi connectivity index (χ4v) is 3.56. The van der Waals surface area contributed by atoms with Gasteiger partial charge in [0, 0.05) is 13.1 Å². The molecule has 1 heterocycles. The smallest absolute Gasteiger partial charge is 0.326 e. The number of sulfonamides is 1. The van der Waals surface area contributed by atoms with E-state index in [1.165, 1.54) is 4.31 Å². The Morgan fingerprint density at radius 1 is 1.38 bits per heavy atom. The van der Waals surface area contributed by atoms with Crippen molar-refractivity contribution in [3.8, 4) is 0 Å². The number of hydrogen-bond donors (Lipinski definition) is 2. The highest BCUT2D eigenvalue weighted by Gasteiger charge is 2.33. The van der Waals surface area contributed by atoms with E-state index in [0.717, 1.165) is 0 Å². The summed E-state index contributed by atoms with van der Waals surface area (Å²) in [6, 6.07) is -0.948. The summed E-state index contributed by atoms with van der Waals surface area (Å²) in [7, 11) is -3.31. The van der Waals surface area contributed by atoms with E-state index < -0.39 is 28.0 Å². The number of rotatable bonds is 6. The Balaban J connectivity index is 2.72. The van der Waals surface area contributed by atoms with E-state index in [1.54, 1.807) is 20.8 Å². The Morgan fingerprint density at radius 2 is 2.00 bits per heavy atom. The number of amides is 1. The van der Waals surface area contributed by atoms with Crippen LogP contribution in [-0.2, 0) is 19.6 Å². The summed E-state index contributed by atoms with van der Waals surface area (Å²) < 4.78 is 25.0. The van der Waals surface area contributed by atoms with Crippen molar-refractivity contribution >= 4 is 21.9 Å². The van der Waals surface area contributed by atoms with Crippen molar-refractivity contribution in [1.29, 1.82) is 0 Å². The first-order valence-electron chi connectivity index (χ1n) is 7.20. The molecule has 1 saturated heterocycles. The van der Waals surface area contributed by atoms with Crippen LogP contribution in [0.2, 0.25) is 0 Å². The van der Waals surface area contributed by atoms with Gasteiger partial charge in [0.2, 0.25) is 15.9 Å². The van der Waals surface area contributed by atoms with Crippen LogP contribution in [0, 0.1) is 11.8 Å². The maximum Gasteiger partial charge on any atom is 0.326 e. The fourth-order valence-electron chi connectivity index (χ4n) is 2.38. The van der Waals surface area contributed by atoms with Crippen LogP contribution in [0.1, 0.15) is 33.6 Å². The predicted octanol–water partition coefficient (Wildman–Crippen LogP) is 0.274. The summed E-state index contributed by atoms with van der Waals surface area (Å²) >= 11 is 0. The molecule has 2 atom stereocenters. The average molecular weight is 320 g/mol. The van der Waals surface area contributed by atoms with Crippen LogP contribution < -0.4 is 5.32 Å². The van der Waals surface area contributed by atoms with Crippen LogP contribution in [0.4, 0.5) is 0 Å². The lowest BCUT2D eigenvalue weighted by atomic mass is 9.97. The van der Waals surface area contributed by atoms with Gasteiger partial charge >= 0.3 is 5.97 Å². The summed E-state index contributed by atoms with van der Waals surface area (Å²) in [5, 5.41) is 11.6. The Morgan fingerprint density at radius 3 is 2.48 bits per heavy atom. The number of carbonyl (C=O) groups is 2. The molecule has 0 aromatic heterocycles. The average Bonchev–Trinajstić information content (AvgIpc) is 2.43. The summed E-state index contributed by atoms with van der Waals surface area (Å²) in [5.74, 6) is -2.17. The molecule has 122 valence electrons. The second-order valence-corrected chi connectivity index (χ2v) is 7.92. The monoisotopic (exact) mass is 320 g/mol. The molecular formula is C13H24N2O5S. The van der Waals surface area contributed by atoms with Crippen molar-refractivity contribution in [1.82, 2.24) is 9.62 Å². The van der Waals surface area contributed by atoms with E-state index in [0.29, 0.717) is 19.4 Å². The maximum atomic E-state index is 12.2. The lowest BCUT2D eigenvalue weighted by Gasteiger charge is -2.31. The first kappa shape index (κ1) is 17.9. The summed E-state index contributed by atoms with van der Waals surface area (Å²) in [5.41, 5.74) is 0. The van der Waals surface area contributed by atoms with Gasteiger partial charge in [0.1, 0.15) is 6.04 Å². The molecular weight excluding hydrogens is 296 g/mol. The molecule has 1 rings (SSSR count). The normalized spacial score (nSPS) is 22.0. The van der Waals surface area contributed by atoms with Gasteiger partial charge in [-0.25, -0.2) is 17.5 Å². The summed E-state index contributed by atoms with van der Waals surface area (Å²) in [4.78, 5) is 23.3. The molecule has 1 unspecified atom stereocenters. The quantitative estimate of drug-likeness (QED) is 0.731. The van der Waals surface area contributed by atoms with Gasteiger partial charge in [-0.2, -0.15) is 0 Å². The minimum Gasteiger partial charge on any atom is -0.480 e. The topological polar surface area (TPSA) is 104 Å². The molecule has 0 aromatic rings. The summed E-state index contributed by atoms with van der Waals surface area (Å²) in [6.45, 7) is 5.55. The van der Waals surface area contributed by atoms with E-state index >= 15 is 0 Å². The molecule has 0 aromatic carbocycles. The van der Waals surface area contributed by atoms with E-state index in [2.05, 4.69) is 5.32 Å². The highest BCUT2D eigenvalue weighted by atomic mass is 32.2. The molecule has 21 heavy (non-hydrogen) atoms. The molecule has 1 amide bonds. The SMILES string of the molecule is CCS(=O)(=O)N1CCCC(C(=O)N[C@@H](C(=O)O)C(C)C)C1. The largest absolute Gasteiger partial charge is 0.480 e. The number of carbonyl (C=O) groups excluding carboxylic acids is 1. The number of nitrogens with one attached hydrogen (secondary N) is 1. The van der Waals surface area contributed by atoms with Crippen molar-refractivity contribution in [2.45, 2.75) is 39.7 Å². The minimum atomic E-state index is -3.31. The van der Waals surface area contributed by atoms with Crippen LogP contribution in [0.25, 0.3) is 0 Å². The molecule has 0 radical (unpaired) electrons. The van der Waals surface area contributed by atoms with Gasteiger partial charge in [-0.3, -0.25) is 4.79 Å². The van der Waals surface area contributed by atoms with Crippen molar-refractivity contribution in [3.63, 3.8) is 0 Å². The molecule has 7 nitrogen and oxygen atoms in total. The van der Waals surface area contributed by atoms with Crippen LogP contribution >= 0.6 is 0 Å². The third-order valence-electron chi connectivity index (χ3n) is 3.74. The number of carboxylic acid groups (broad SMARTS) is 1. The molecule has 1 aliphatic rings. The van der Waals surface area contributed by atoms with Crippen LogP contribution in [0.5, 0.6) is 0 Å². The van der Waals surface area contributed by atoms with E-state index in [9.17, 15) is 18.0 Å². The zero-order valence-corrected chi connectivity index (χ0v) is 13.5. The zero-order chi connectivity index (χ0) is 16.2. The Kier molecular flexibility index (Phi) is 6.15. The van der Waals surface area contributed by atoms with Crippen LogP contribution in [0.15, 0.2) is 0 Å². The first-order valence-corrected chi connectivity index (χ1v) is 8.81.